The molecule has 3 aromatic rings. The van der Waals surface area contributed by atoms with Gasteiger partial charge in [0.2, 0.25) is 5.91 Å². The van der Waals surface area contributed by atoms with E-state index in [1.165, 1.54) is 12.4 Å². The Labute approximate surface area is 197 Å². The molecule has 8 nitrogen and oxygen atoms in total. The van der Waals surface area contributed by atoms with Gasteiger partial charge in [-0.3, -0.25) is 4.79 Å². The van der Waals surface area contributed by atoms with E-state index >= 15 is 0 Å². The van der Waals surface area contributed by atoms with Gasteiger partial charge in [-0.1, -0.05) is 0 Å². The summed E-state index contributed by atoms with van der Waals surface area (Å²) in [5, 5.41) is 6.33. The minimum absolute atomic E-state index is 0.000381. The summed E-state index contributed by atoms with van der Waals surface area (Å²) in [6.45, 7) is 2.30. The smallest absolute Gasteiger partial charge is 0.224 e. The maximum Gasteiger partial charge on any atom is 0.224 e. The van der Waals surface area contributed by atoms with E-state index in [2.05, 4.69) is 20.6 Å². The van der Waals surface area contributed by atoms with Crippen LogP contribution >= 0.6 is 0 Å². The molecule has 0 radical (unpaired) electrons. The van der Waals surface area contributed by atoms with Crippen LogP contribution in [0.15, 0.2) is 42.7 Å². The van der Waals surface area contributed by atoms with Gasteiger partial charge in [0.15, 0.2) is 0 Å². The number of carbonyl (C=O) groups is 1. The highest BCUT2D eigenvalue weighted by Crippen LogP contribution is 2.29. The van der Waals surface area contributed by atoms with Crippen LogP contribution in [0.3, 0.4) is 0 Å². The Morgan fingerprint density at radius 3 is 2.65 bits per heavy atom. The predicted octanol–water partition coefficient (Wildman–Crippen LogP) is 4.68. The van der Waals surface area contributed by atoms with Crippen molar-refractivity contribution in [2.75, 3.05) is 44.2 Å². The number of nitrogens with zero attached hydrogens (tertiary/aromatic N) is 2. The van der Waals surface area contributed by atoms with Crippen LogP contribution in [0.4, 0.5) is 21.6 Å². The van der Waals surface area contributed by atoms with Crippen LogP contribution in [0.2, 0.25) is 0 Å². The van der Waals surface area contributed by atoms with Crippen LogP contribution in [0.1, 0.15) is 25.7 Å². The van der Waals surface area contributed by atoms with E-state index in [1.807, 2.05) is 12.1 Å². The van der Waals surface area contributed by atoms with Crippen molar-refractivity contribution in [3.05, 3.63) is 48.5 Å². The number of rotatable bonds is 10. The molecule has 2 aromatic carbocycles. The van der Waals surface area contributed by atoms with Gasteiger partial charge in [-0.05, 0) is 49.4 Å². The topological polar surface area (TPSA) is 94.6 Å². The first-order chi connectivity index (χ1) is 16.6. The van der Waals surface area contributed by atoms with Crippen LogP contribution in [0.5, 0.6) is 5.75 Å². The Balaban J connectivity index is 1.37. The van der Waals surface area contributed by atoms with Gasteiger partial charge in [-0.2, -0.15) is 0 Å². The van der Waals surface area contributed by atoms with Crippen LogP contribution in [0, 0.1) is 11.7 Å². The molecule has 0 aliphatic carbocycles. The number of hydrogen-bond acceptors (Lipinski definition) is 7. The molecule has 0 saturated carbocycles. The highest BCUT2D eigenvalue weighted by atomic mass is 19.1. The summed E-state index contributed by atoms with van der Waals surface area (Å²) in [5.74, 6) is 0.797. The summed E-state index contributed by atoms with van der Waals surface area (Å²) < 4.78 is 30.7. The molecule has 1 aliphatic rings. The molecule has 9 heteroatoms. The van der Waals surface area contributed by atoms with Crippen molar-refractivity contribution < 1.29 is 23.4 Å². The van der Waals surface area contributed by atoms with Gasteiger partial charge in [0.1, 0.15) is 30.3 Å². The fourth-order valence-electron chi connectivity index (χ4n) is 3.91. The minimum atomic E-state index is -0.485. The molecule has 4 rings (SSSR count). The number of fused-ring (bicyclic) bond motifs is 1. The fourth-order valence-corrected chi connectivity index (χ4v) is 3.91. The number of anilines is 3. The molecule has 34 heavy (non-hydrogen) atoms. The molecule has 2 heterocycles. The average Bonchev–Trinajstić information content (AvgIpc) is 2.85. The molecule has 1 amide bonds. The molecular formula is C25H29FN4O4. The Bertz CT molecular complexity index is 1100. The monoisotopic (exact) mass is 468 g/mol. The van der Waals surface area contributed by atoms with Gasteiger partial charge in [0, 0.05) is 50.3 Å². The Morgan fingerprint density at radius 1 is 1.12 bits per heavy atom. The Morgan fingerprint density at radius 2 is 1.88 bits per heavy atom. The average molecular weight is 469 g/mol. The van der Waals surface area contributed by atoms with Crippen molar-refractivity contribution in [2.24, 2.45) is 5.92 Å². The number of benzene rings is 2. The molecule has 0 atom stereocenters. The number of carbonyl (C=O) groups excluding carboxylic acids is 1. The summed E-state index contributed by atoms with van der Waals surface area (Å²) in [6, 6.07) is 10.2. The van der Waals surface area contributed by atoms with E-state index in [-0.39, 0.29) is 11.3 Å². The molecular weight excluding hydrogens is 439 g/mol. The molecule has 1 fully saturated rings. The standard InChI is InChI=1S/C25H29FN4O4/c1-32-12-13-34-20-14-21(26)24-22(15-20)27-16-28-25(24)30-19-5-3-18(4-6-19)29-23(31)7-2-17-8-10-33-11-9-17/h3-6,14-17H,2,7-13H2,1H3,(H,29,31)(H,27,28,30). The maximum atomic E-state index is 14.8. The third-order valence-electron chi connectivity index (χ3n) is 5.77. The van der Waals surface area contributed by atoms with Crippen molar-refractivity contribution in [3.63, 3.8) is 0 Å². The number of hydrogen-bond donors (Lipinski definition) is 2. The zero-order chi connectivity index (χ0) is 23.8. The largest absolute Gasteiger partial charge is 0.491 e. The van der Waals surface area contributed by atoms with Gasteiger partial charge < -0.3 is 24.8 Å². The fraction of sp³-hybridized carbons (Fsp3) is 0.400. The van der Waals surface area contributed by atoms with Gasteiger partial charge in [0.25, 0.3) is 0 Å². The number of halogens is 1. The van der Waals surface area contributed by atoms with E-state index in [9.17, 15) is 9.18 Å². The first-order valence-electron chi connectivity index (χ1n) is 11.4. The number of ether oxygens (including phenoxy) is 3. The van der Waals surface area contributed by atoms with E-state index in [0.717, 1.165) is 32.5 Å². The lowest BCUT2D eigenvalue weighted by Gasteiger charge is -2.21. The summed E-state index contributed by atoms with van der Waals surface area (Å²) in [5.41, 5.74) is 1.84. The van der Waals surface area contributed by atoms with Crippen molar-refractivity contribution in [3.8, 4) is 5.75 Å². The third kappa shape index (κ3) is 6.39. The summed E-state index contributed by atoms with van der Waals surface area (Å²) in [4.78, 5) is 20.7. The number of nitrogens with one attached hydrogen (secondary N) is 2. The molecule has 1 aromatic heterocycles. The minimum Gasteiger partial charge on any atom is -0.491 e. The van der Waals surface area contributed by atoms with E-state index < -0.39 is 5.82 Å². The third-order valence-corrected chi connectivity index (χ3v) is 5.77. The maximum absolute atomic E-state index is 14.8. The van der Waals surface area contributed by atoms with Crippen molar-refractivity contribution in [1.82, 2.24) is 9.97 Å². The SMILES string of the molecule is COCCOc1cc(F)c2c(Nc3ccc(NC(=O)CCC4CCOCC4)cc3)ncnc2c1. The highest BCUT2D eigenvalue weighted by molar-refractivity contribution is 5.93. The first kappa shape index (κ1) is 23.8. The summed E-state index contributed by atoms with van der Waals surface area (Å²) in [7, 11) is 1.57. The first-order valence-corrected chi connectivity index (χ1v) is 11.4. The van der Waals surface area contributed by atoms with Gasteiger partial charge in [0.05, 0.1) is 17.5 Å². The van der Waals surface area contributed by atoms with Gasteiger partial charge in [-0.15, -0.1) is 0 Å². The second-order valence-corrected chi connectivity index (χ2v) is 8.21. The second kappa shape index (κ2) is 11.7. The lowest BCUT2D eigenvalue weighted by atomic mass is 9.95. The lowest BCUT2D eigenvalue weighted by Crippen LogP contribution is -2.18. The lowest BCUT2D eigenvalue weighted by molar-refractivity contribution is -0.116. The van der Waals surface area contributed by atoms with E-state index in [4.69, 9.17) is 14.2 Å². The van der Waals surface area contributed by atoms with Crippen LogP contribution < -0.4 is 15.4 Å². The van der Waals surface area contributed by atoms with Gasteiger partial charge >= 0.3 is 0 Å². The van der Waals surface area contributed by atoms with E-state index in [1.54, 1.807) is 25.3 Å². The molecule has 0 unspecified atom stereocenters. The number of methoxy groups -OCH3 is 1. The number of amides is 1. The Hall–Kier alpha value is -3.30. The second-order valence-electron chi connectivity index (χ2n) is 8.21. The van der Waals surface area contributed by atoms with Crippen molar-refractivity contribution in [1.29, 1.82) is 0 Å². The zero-order valence-corrected chi connectivity index (χ0v) is 19.2. The molecule has 180 valence electrons. The highest BCUT2D eigenvalue weighted by Gasteiger charge is 2.16. The summed E-state index contributed by atoms with van der Waals surface area (Å²) in [6.07, 6.45) is 4.78. The van der Waals surface area contributed by atoms with Crippen molar-refractivity contribution in [2.45, 2.75) is 25.7 Å². The molecule has 1 aliphatic heterocycles. The predicted molar refractivity (Wildman–Crippen MR) is 128 cm³/mol. The normalized spacial score (nSPS) is 14.2. The zero-order valence-electron chi connectivity index (χ0n) is 19.2. The number of aromatic nitrogens is 2. The molecule has 1 saturated heterocycles. The van der Waals surface area contributed by atoms with Crippen LogP contribution in [-0.2, 0) is 14.3 Å². The molecule has 0 bridgehead atoms. The Kier molecular flexibility index (Phi) is 8.21. The van der Waals surface area contributed by atoms with Crippen LogP contribution in [0.25, 0.3) is 10.9 Å². The summed E-state index contributed by atoms with van der Waals surface area (Å²) >= 11 is 0. The molecule has 2 N–H and O–H groups in total. The van der Waals surface area contributed by atoms with Crippen molar-refractivity contribution >= 4 is 34.0 Å². The molecule has 0 spiro atoms. The van der Waals surface area contributed by atoms with Crippen LogP contribution in [-0.4, -0.2) is 49.4 Å². The van der Waals surface area contributed by atoms with Gasteiger partial charge in [-0.25, -0.2) is 14.4 Å². The van der Waals surface area contributed by atoms with E-state index in [0.29, 0.717) is 54.0 Å². The quantitative estimate of drug-likeness (QED) is 0.417.